The normalized spacial score (nSPS) is 14.0. The summed E-state index contributed by atoms with van der Waals surface area (Å²) in [6.07, 6.45) is 1.80. The van der Waals surface area contributed by atoms with E-state index in [1.54, 1.807) is 24.3 Å². The molecule has 4 rings (SSSR count). The first-order valence-electron chi connectivity index (χ1n) is 9.03. The summed E-state index contributed by atoms with van der Waals surface area (Å²) in [6, 6.07) is 11.1. The van der Waals surface area contributed by atoms with E-state index in [0.29, 0.717) is 17.0 Å². The second kappa shape index (κ2) is 7.16. The van der Waals surface area contributed by atoms with Gasteiger partial charge in [0.05, 0.1) is 11.0 Å². The van der Waals surface area contributed by atoms with E-state index in [-0.39, 0.29) is 22.5 Å². The van der Waals surface area contributed by atoms with Crippen LogP contribution in [0.2, 0.25) is 0 Å². The maximum absolute atomic E-state index is 12.5. The van der Waals surface area contributed by atoms with Crippen LogP contribution in [0.15, 0.2) is 47.4 Å². The first-order valence-corrected chi connectivity index (χ1v) is 10.4. The molecule has 0 spiro atoms. The summed E-state index contributed by atoms with van der Waals surface area (Å²) in [4.78, 5) is 19.2. The molecule has 1 fully saturated rings. The number of anilines is 2. The Kier molecular flexibility index (Phi) is 4.68. The average molecular weight is 400 g/mol. The smallest absolute Gasteiger partial charge is 0.339 e. The zero-order valence-electron chi connectivity index (χ0n) is 15.2. The molecule has 1 aliphatic carbocycles. The lowest BCUT2D eigenvalue weighted by atomic mass is 10.3. The molecule has 1 heterocycles. The van der Waals surface area contributed by atoms with Crippen LogP contribution in [0.5, 0.6) is 5.75 Å². The predicted molar refractivity (Wildman–Crippen MR) is 106 cm³/mol. The second-order valence-corrected chi connectivity index (χ2v) is 8.17. The minimum absolute atomic E-state index is 0.0564. The molecule has 3 aromatic rings. The zero-order chi connectivity index (χ0) is 19.7. The molecule has 1 saturated carbocycles. The van der Waals surface area contributed by atoms with E-state index in [1.807, 2.05) is 6.92 Å². The summed E-state index contributed by atoms with van der Waals surface area (Å²) in [5.74, 6) is 0.508. The van der Waals surface area contributed by atoms with Gasteiger partial charge in [0.25, 0.3) is 0 Å². The molecule has 8 nitrogen and oxygen atoms in total. The van der Waals surface area contributed by atoms with Gasteiger partial charge in [-0.2, -0.15) is 8.42 Å². The van der Waals surface area contributed by atoms with Crippen LogP contribution in [0, 0.1) is 5.92 Å². The van der Waals surface area contributed by atoms with Crippen molar-refractivity contribution in [3.8, 4) is 5.75 Å². The van der Waals surface area contributed by atoms with Crippen molar-refractivity contribution in [2.75, 3.05) is 17.2 Å². The number of amides is 1. The predicted octanol–water partition coefficient (Wildman–Crippen LogP) is 3.11. The SMILES string of the molecule is CCNc1ccc(S(=O)(=O)Oc2ccc3nc(NC(=O)C4CC4)[nH]c3c2)cc1. The maximum atomic E-state index is 12.5. The molecule has 1 aliphatic rings. The molecule has 0 aliphatic heterocycles. The van der Waals surface area contributed by atoms with Gasteiger partial charge in [0.2, 0.25) is 11.9 Å². The number of benzene rings is 2. The number of hydrogen-bond donors (Lipinski definition) is 3. The maximum Gasteiger partial charge on any atom is 0.339 e. The topological polar surface area (TPSA) is 113 Å². The van der Waals surface area contributed by atoms with E-state index in [9.17, 15) is 13.2 Å². The molecule has 0 saturated heterocycles. The van der Waals surface area contributed by atoms with E-state index >= 15 is 0 Å². The number of hydrogen-bond acceptors (Lipinski definition) is 6. The molecule has 0 radical (unpaired) electrons. The van der Waals surface area contributed by atoms with Crippen molar-refractivity contribution < 1.29 is 17.4 Å². The summed E-state index contributed by atoms with van der Waals surface area (Å²) >= 11 is 0. The molecule has 0 bridgehead atoms. The largest absolute Gasteiger partial charge is 0.385 e. The number of aromatic nitrogens is 2. The second-order valence-electron chi connectivity index (χ2n) is 6.62. The summed E-state index contributed by atoms with van der Waals surface area (Å²) < 4.78 is 30.3. The van der Waals surface area contributed by atoms with Gasteiger partial charge in [-0.3, -0.25) is 10.1 Å². The number of nitrogens with zero attached hydrogens (tertiary/aromatic N) is 1. The summed E-state index contributed by atoms with van der Waals surface area (Å²) in [5, 5.41) is 5.84. The molecule has 2 aromatic carbocycles. The molecular formula is C19H20N4O4S. The highest BCUT2D eigenvalue weighted by Crippen LogP contribution is 2.30. The van der Waals surface area contributed by atoms with Gasteiger partial charge in [-0.05, 0) is 56.2 Å². The number of rotatable bonds is 7. The highest BCUT2D eigenvalue weighted by molar-refractivity contribution is 7.87. The third-order valence-electron chi connectivity index (χ3n) is 4.37. The van der Waals surface area contributed by atoms with Crippen molar-refractivity contribution in [2.45, 2.75) is 24.7 Å². The van der Waals surface area contributed by atoms with Crippen molar-refractivity contribution in [1.82, 2.24) is 9.97 Å². The Morgan fingerprint density at radius 2 is 1.96 bits per heavy atom. The van der Waals surface area contributed by atoms with Crippen molar-refractivity contribution in [1.29, 1.82) is 0 Å². The first-order chi connectivity index (χ1) is 13.4. The Morgan fingerprint density at radius 1 is 1.21 bits per heavy atom. The van der Waals surface area contributed by atoms with Gasteiger partial charge in [-0.25, -0.2) is 4.98 Å². The number of nitrogens with one attached hydrogen (secondary N) is 3. The molecule has 28 heavy (non-hydrogen) atoms. The van der Waals surface area contributed by atoms with Crippen molar-refractivity contribution in [3.63, 3.8) is 0 Å². The Bertz CT molecular complexity index is 1120. The Balaban J connectivity index is 1.52. The highest BCUT2D eigenvalue weighted by atomic mass is 32.2. The minimum Gasteiger partial charge on any atom is -0.385 e. The van der Waals surface area contributed by atoms with Gasteiger partial charge in [-0.15, -0.1) is 0 Å². The van der Waals surface area contributed by atoms with Crippen LogP contribution >= 0.6 is 0 Å². The van der Waals surface area contributed by atoms with Crippen LogP contribution in [0.1, 0.15) is 19.8 Å². The molecule has 1 aromatic heterocycles. The van der Waals surface area contributed by atoms with Crippen LogP contribution in [0.4, 0.5) is 11.6 Å². The van der Waals surface area contributed by atoms with Gasteiger partial charge in [0.1, 0.15) is 10.6 Å². The summed E-state index contributed by atoms with van der Waals surface area (Å²) in [7, 11) is -3.96. The summed E-state index contributed by atoms with van der Waals surface area (Å²) in [6.45, 7) is 2.71. The lowest BCUT2D eigenvalue weighted by molar-refractivity contribution is -0.117. The van der Waals surface area contributed by atoms with Gasteiger partial charge in [0.15, 0.2) is 0 Å². The highest BCUT2D eigenvalue weighted by Gasteiger charge is 2.30. The molecule has 3 N–H and O–H groups in total. The Labute approximate surface area is 162 Å². The van der Waals surface area contributed by atoms with Crippen molar-refractivity contribution >= 4 is 38.7 Å². The van der Waals surface area contributed by atoms with E-state index in [0.717, 1.165) is 25.1 Å². The number of H-pyrrole nitrogens is 1. The fraction of sp³-hybridized carbons (Fsp3) is 0.263. The quantitative estimate of drug-likeness (QED) is 0.525. The Hall–Kier alpha value is -3.07. The van der Waals surface area contributed by atoms with E-state index < -0.39 is 10.1 Å². The number of aromatic amines is 1. The molecule has 1 amide bonds. The molecule has 0 unspecified atom stereocenters. The number of carbonyl (C=O) groups excluding carboxylic acids is 1. The van der Waals surface area contributed by atoms with E-state index in [2.05, 4.69) is 20.6 Å². The minimum atomic E-state index is -3.96. The number of fused-ring (bicyclic) bond motifs is 1. The van der Waals surface area contributed by atoms with Crippen LogP contribution in [-0.4, -0.2) is 30.8 Å². The van der Waals surface area contributed by atoms with Crippen LogP contribution < -0.4 is 14.8 Å². The molecule has 9 heteroatoms. The monoisotopic (exact) mass is 400 g/mol. The average Bonchev–Trinajstić information content (AvgIpc) is 3.43. The lowest BCUT2D eigenvalue weighted by Crippen LogP contribution is -2.14. The fourth-order valence-corrected chi connectivity index (χ4v) is 3.71. The van der Waals surface area contributed by atoms with Gasteiger partial charge in [-0.1, -0.05) is 0 Å². The van der Waals surface area contributed by atoms with Gasteiger partial charge >= 0.3 is 10.1 Å². The zero-order valence-corrected chi connectivity index (χ0v) is 16.0. The van der Waals surface area contributed by atoms with E-state index in [1.165, 1.54) is 18.2 Å². The first kappa shape index (κ1) is 18.3. The number of carbonyl (C=O) groups is 1. The third kappa shape index (κ3) is 3.94. The number of imidazole rings is 1. The standard InChI is InChI=1S/C19H20N4O4S/c1-2-20-13-5-8-15(9-6-13)28(25,26)27-14-7-10-16-17(11-14)22-19(21-16)23-18(24)12-3-4-12/h5-12,20H,2-4H2,1H3,(H2,21,22,23,24). The van der Waals surface area contributed by atoms with E-state index in [4.69, 9.17) is 4.18 Å². The lowest BCUT2D eigenvalue weighted by Gasteiger charge is -2.08. The van der Waals surface area contributed by atoms with Crippen LogP contribution in [-0.2, 0) is 14.9 Å². The van der Waals surface area contributed by atoms with Crippen molar-refractivity contribution in [3.05, 3.63) is 42.5 Å². The van der Waals surface area contributed by atoms with Gasteiger partial charge in [0, 0.05) is 24.2 Å². The third-order valence-corrected chi connectivity index (χ3v) is 5.63. The molecule has 0 atom stereocenters. The molecule has 146 valence electrons. The van der Waals surface area contributed by atoms with Crippen LogP contribution in [0.25, 0.3) is 11.0 Å². The Morgan fingerprint density at radius 3 is 2.64 bits per heavy atom. The van der Waals surface area contributed by atoms with Gasteiger partial charge < -0.3 is 14.5 Å². The molecular weight excluding hydrogens is 380 g/mol. The fourth-order valence-electron chi connectivity index (χ4n) is 2.78. The summed E-state index contributed by atoms with van der Waals surface area (Å²) in [5.41, 5.74) is 2.01. The van der Waals surface area contributed by atoms with Crippen molar-refractivity contribution in [2.24, 2.45) is 5.92 Å². The van der Waals surface area contributed by atoms with Crippen LogP contribution in [0.3, 0.4) is 0 Å².